The SMILES string of the molecule is CC(C)CCCCCOC(=O)C(O)Cc1cc(C(C)(C)C)c(O)c(C(C)(C)C)c1. The Bertz CT molecular complexity index is 627. The minimum Gasteiger partial charge on any atom is -0.507 e. The zero-order valence-corrected chi connectivity index (χ0v) is 19.8. The van der Waals surface area contributed by atoms with E-state index in [4.69, 9.17) is 4.74 Å². The van der Waals surface area contributed by atoms with Crippen LogP contribution in [0.1, 0.15) is 97.8 Å². The lowest BCUT2D eigenvalue weighted by Crippen LogP contribution is -2.26. The van der Waals surface area contributed by atoms with Gasteiger partial charge < -0.3 is 14.9 Å². The summed E-state index contributed by atoms with van der Waals surface area (Å²) in [7, 11) is 0. The molecule has 4 heteroatoms. The molecular weight excluding hydrogens is 364 g/mol. The van der Waals surface area contributed by atoms with Crippen LogP contribution in [0.4, 0.5) is 0 Å². The van der Waals surface area contributed by atoms with E-state index in [2.05, 4.69) is 13.8 Å². The van der Waals surface area contributed by atoms with E-state index in [1.165, 1.54) is 6.42 Å². The van der Waals surface area contributed by atoms with Crippen molar-refractivity contribution in [2.24, 2.45) is 5.92 Å². The lowest BCUT2D eigenvalue weighted by atomic mass is 9.78. The number of benzene rings is 1. The first kappa shape index (κ1) is 25.5. The van der Waals surface area contributed by atoms with E-state index in [-0.39, 0.29) is 17.3 Å². The maximum absolute atomic E-state index is 12.2. The highest BCUT2D eigenvalue weighted by Gasteiger charge is 2.27. The number of aliphatic hydroxyl groups is 1. The molecule has 1 aromatic carbocycles. The Kier molecular flexibility index (Phi) is 9.20. The molecule has 0 heterocycles. The normalized spacial score (nSPS) is 13.6. The average Bonchev–Trinajstić information content (AvgIpc) is 2.56. The molecule has 0 aliphatic heterocycles. The predicted molar refractivity (Wildman–Crippen MR) is 119 cm³/mol. The molecule has 0 aliphatic carbocycles. The smallest absolute Gasteiger partial charge is 0.335 e. The van der Waals surface area contributed by atoms with Crippen LogP contribution in [0.25, 0.3) is 0 Å². The molecule has 2 N–H and O–H groups in total. The Hall–Kier alpha value is -1.55. The zero-order chi connectivity index (χ0) is 22.4. The molecule has 1 rings (SSSR count). The fraction of sp³-hybridized carbons (Fsp3) is 0.720. The molecule has 166 valence electrons. The van der Waals surface area contributed by atoms with Crippen LogP contribution in [0.15, 0.2) is 12.1 Å². The van der Waals surface area contributed by atoms with E-state index in [1.54, 1.807) is 0 Å². The topological polar surface area (TPSA) is 66.8 Å². The molecule has 4 nitrogen and oxygen atoms in total. The van der Waals surface area contributed by atoms with Gasteiger partial charge in [0.1, 0.15) is 5.75 Å². The van der Waals surface area contributed by atoms with Crippen LogP contribution in [0.2, 0.25) is 0 Å². The maximum atomic E-state index is 12.2. The number of aromatic hydroxyl groups is 1. The van der Waals surface area contributed by atoms with Gasteiger partial charge in [-0.15, -0.1) is 0 Å². The van der Waals surface area contributed by atoms with E-state index in [9.17, 15) is 15.0 Å². The van der Waals surface area contributed by atoms with E-state index < -0.39 is 12.1 Å². The Balaban J connectivity index is 2.80. The second kappa shape index (κ2) is 10.5. The van der Waals surface area contributed by atoms with Crippen molar-refractivity contribution < 1.29 is 19.7 Å². The van der Waals surface area contributed by atoms with Crippen LogP contribution in [-0.4, -0.2) is 28.9 Å². The predicted octanol–water partition coefficient (Wildman–Crippen LogP) is 5.65. The minimum atomic E-state index is -1.20. The molecule has 1 unspecified atom stereocenters. The summed E-state index contributed by atoms with van der Waals surface area (Å²) >= 11 is 0. The van der Waals surface area contributed by atoms with Crippen LogP contribution >= 0.6 is 0 Å². The highest BCUT2D eigenvalue weighted by Crippen LogP contribution is 2.40. The number of phenols is 1. The minimum absolute atomic E-state index is 0.179. The van der Waals surface area contributed by atoms with Crippen molar-refractivity contribution in [3.8, 4) is 5.75 Å². The number of hydrogen-bond acceptors (Lipinski definition) is 4. The van der Waals surface area contributed by atoms with Crippen molar-refractivity contribution in [2.75, 3.05) is 6.61 Å². The number of unbranched alkanes of at least 4 members (excludes halogenated alkanes) is 2. The van der Waals surface area contributed by atoms with Crippen LogP contribution in [0.3, 0.4) is 0 Å². The Morgan fingerprint density at radius 2 is 1.48 bits per heavy atom. The first-order valence-corrected chi connectivity index (χ1v) is 10.9. The van der Waals surface area contributed by atoms with Gasteiger partial charge in [0, 0.05) is 6.42 Å². The van der Waals surface area contributed by atoms with Gasteiger partial charge in [-0.1, -0.05) is 86.8 Å². The van der Waals surface area contributed by atoms with Gasteiger partial charge in [0.25, 0.3) is 0 Å². The molecule has 1 atom stereocenters. The summed E-state index contributed by atoms with van der Waals surface area (Å²) in [5.41, 5.74) is 1.98. The summed E-state index contributed by atoms with van der Waals surface area (Å²) in [5.74, 6) is 0.421. The number of carbonyl (C=O) groups excluding carboxylic acids is 1. The second-order valence-corrected chi connectivity index (χ2v) is 10.7. The van der Waals surface area contributed by atoms with Crippen molar-refractivity contribution in [2.45, 2.75) is 104 Å². The number of esters is 1. The third-order valence-corrected chi connectivity index (χ3v) is 5.16. The fourth-order valence-electron chi connectivity index (χ4n) is 3.36. The standard InChI is InChI=1S/C25H42O4/c1-17(2)12-10-9-11-13-29-23(28)21(26)16-18-14-19(24(3,4)5)22(27)20(15-18)25(6,7)8/h14-15,17,21,26-27H,9-13,16H2,1-8H3. The number of phenolic OH excluding ortho intramolecular Hbond substituents is 1. The molecule has 0 saturated carbocycles. The summed E-state index contributed by atoms with van der Waals surface area (Å²) in [6.07, 6.45) is 3.16. The molecule has 0 radical (unpaired) electrons. The number of aliphatic hydroxyl groups excluding tert-OH is 1. The number of hydrogen-bond donors (Lipinski definition) is 2. The number of ether oxygens (including phenoxy) is 1. The number of rotatable bonds is 9. The van der Waals surface area contributed by atoms with Gasteiger partial charge in [0.15, 0.2) is 6.10 Å². The number of carbonyl (C=O) groups is 1. The quantitative estimate of drug-likeness (QED) is 0.411. The van der Waals surface area contributed by atoms with Crippen molar-refractivity contribution in [3.05, 3.63) is 28.8 Å². The molecule has 0 spiro atoms. The lowest BCUT2D eigenvalue weighted by molar-refractivity contribution is -0.153. The van der Waals surface area contributed by atoms with Crippen molar-refractivity contribution >= 4 is 5.97 Å². The largest absolute Gasteiger partial charge is 0.507 e. The summed E-state index contributed by atoms with van der Waals surface area (Å²) in [6.45, 7) is 17.0. The fourth-order valence-corrected chi connectivity index (χ4v) is 3.36. The van der Waals surface area contributed by atoms with Gasteiger partial charge in [-0.25, -0.2) is 4.79 Å². The van der Waals surface area contributed by atoms with Gasteiger partial charge >= 0.3 is 5.97 Å². The van der Waals surface area contributed by atoms with Crippen molar-refractivity contribution in [1.29, 1.82) is 0 Å². The summed E-state index contributed by atoms with van der Waals surface area (Å²) in [5, 5.41) is 21.2. The molecule has 0 aliphatic rings. The summed E-state index contributed by atoms with van der Waals surface area (Å²) < 4.78 is 5.26. The molecule has 29 heavy (non-hydrogen) atoms. The second-order valence-electron chi connectivity index (χ2n) is 10.7. The first-order chi connectivity index (χ1) is 13.2. The molecule has 1 aromatic rings. The van der Waals surface area contributed by atoms with E-state index in [0.29, 0.717) is 18.3 Å². The highest BCUT2D eigenvalue weighted by molar-refractivity contribution is 5.74. The molecule has 0 fully saturated rings. The van der Waals surface area contributed by atoms with E-state index >= 15 is 0 Å². The monoisotopic (exact) mass is 406 g/mol. The third kappa shape index (κ3) is 8.38. The van der Waals surface area contributed by atoms with Gasteiger partial charge in [-0.05, 0) is 39.9 Å². The summed E-state index contributed by atoms with van der Waals surface area (Å²) in [4.78, 5) is 12.2. The molecule has 0 aromatic heterocycles. The van der Waals surface area contributed by atoms with Crippen LogP contribution in [0, 0.1) is 5.92 Å². The van der Waals surface area contributed by atoms with Crippen LogP contribution < -0.4 is 0 Å². The Morgan fingerprint density at radius 3 is 1.93 bits per heavy atom. The van der Waals surface area contributed by atoms with Gasteiger partial charge in [-0.2, -0.15) is 0 Å². The molecular formula is C25H42O4. The summed E-state index contributed by atoms with van der Waals surface area (Å²) in [6, 6.07) is 3.79. The van der Waals surface area contributed by atoms with Crippen molar-refractivity contribution in [3.63, 3.8) is 0 Å². The molecule has 0 amide bonds. The zero-order valence-electron chi connectivity index (χ0n) is 19.8. The average molecular weight is 407 g/mol. The maximum Gasteiger partial charge on any atom is 0.335 e. The molecule has 0 saturated heterocycles. The highest BCUT2D eigenvalue weighted by atomic mass is 16.5. The van der Waals surface area contributed by atoms with Crippen LogP contribution in [-0.2, 0) is 26.8 Å². The van der Waals surface area contributed by atoms with Crippen molar-refractivity contribution in [1.82, 2.24) is 0 Å². The Labute approximate surface area is 177 Å². The Morgan fingerprint density at radius 1 is 0.966 bits per heavy atom. The van der Waals surface area contributed by atoms with Gasteiger partial charge in [0.05, 0.1) is 6.61 Å². The van der Waals surface area contributed by atoms with E-state index in [0.717, 1.165) is 36.0 Å². The van der Waals surface area contributed by atoms with E-state index in [1.807, 2.05) is 53.7 Å². The van der Waals surface area contributed by atoms with Gasteiger partial charge in [0.2, 0.25) is 0 Å². The third-order valence-electron chi connectivity index (χ3n) is 5.16. The lowest BCUT2D eigenvalue weighted by Gasteiger charge is -2.28. The van der Waals surface area contributed by atoms with Crippen LogP contribution in [0.5, 0.6) is 5.75 Å². The van der Waals surface area contributed by atoms with Gasteiger partial charge in [-0.3, -0.25) is 0 Å². The molecule has 0 bridgehead atoms. The first-order valence-electron chi connectivity index (χ1n) is 10.9.